The van der Waals surface area contributed by atoms with E-state index in [1.165, 1.54) is 18.2 Å². The standard InChI is InChI=1S/C20H23NO6S/c1-21(10-11-26-2)20(23)17-7-4-15(5-8-17)14-27-18-9-6-16(13-22)12-19(18)28(3,24)25/h4-9,12-13H,10-11,14H2,1-3H3. The van der Waals surface area contributed by atoms with Gasteiger partial charge in [-0.3, -0.25) is 9.59 Å². The average Bonchev–Trinajstić information content (AvgIpc) is 2.69. The predicted molar refractivity (Wildman–Crippen MR) is 105 cm³/mol. The van der Waals surface area contributed by atoms with Gasteiger partial charge < -0.3 is 14.4 Å². The molecule has 150 valence electrons. The largest absolute Gasteiger partial charge is 0.488 e. The maximum Gasteiger partial charge on any atom is 0.253 e. The Balaban J connectivity index is 2.10. The first-order valence-corrected chi connectivity index (χ1v) is 10.4. The smallest absolute Gasteiger partial charge is 0.253 e. The molecule has 0 saturated heterocycles. The normalized spacial score (nSPS) is 11.1. The first kappa shape index (κ1) is 21.6. The third-order valence-electron chi connectivity index (χ3n) is 4.08. The van der Waals surface area contributed by atoms with Gasteiger partial charge in [-0.15, -0.1) is 0 Å². The van der Waals surface area contributed by atoms with Gasteiger partial charge in [0.2, 0.25) is 0 Å². The molecule has 7 nitrogen and oxygen atoms in total. The van der Waals surface area contributed by atoms with Crippen LogP contribution in [0.5, 0.6) is 5.75 Å². The third kappa shape index (κ3) is 5.64. The molecule has 2 rings (SSSR count). The molecule has 0 atom stereocenters. The number of nitrogens with zero attached hydrogens (tertiary/aromatic N) is 1. The average molecular weight is 405 g/mol. The van der Waals surface area contributed by atoms with Crippen molar-refractivity contribution in [3.05, 3.63) is 59.2 Å². The molecule has 0 radical (unpaired) electrons. The number of hydrogen-bond acceptors (Lipinski definition) is 6. The van der Waals surface area contributed by atoms with Gasteiger partial charge in [-0.1, -0.05) is 12.1 Å². The number of carbonyl (C=O) groups excluding carboxylic acids is 2. The minimum atomic E-state index is -3.55. The third-order valence-corrected chi connectivity index (χ3v) is 5.19. The summed E-state index contributed by atoms with van der Waals surface area (Å²) in [6.07, 6.45) is 1.64. The van der Waals surface area contributed by atoms with Crippen LogP contribution in [0.15, 0.2) is 47.4 Å². The molecule has 0 bridgehead atoms. The quantitative estimate of drug-likeness (QED) is 0.594. The van der Waals surface area contributed by atoms with Crippen molar-refractivity contribution in [2.45, 2.75) is 11.5 Å². The second-order valence-corrected chi connectivity index (χ2v) is 8.29. The zero-order chi connectivity index (χ0) is 20.7. The van der Waals surface area contributed by atoms with E-state index < -0.39 is 9.84 Å². The lowest BCUT2D eigenvalue weighted by molar-refractivity contribution is 0.0744. The minimum Gasteiger partial charge on any atom is -0.488 e. The van der Waals surface area contributed by atoms with E-state index in [0.717, 1.165) is 11.8 Å². The van der Waals surface area contributed by atoms with Crippen molar-refractivity contribution in [3.8, 4) is 5.75 Å². The van der Waals surface area contributed by atoms with Crippen molar-refractivity contribution in [3.63, 3.8) is 0 Å². The lowest BCUT2D eigenvalue weighted by Crippen LogP contribution is -2.29. The van der Waals surface area contributed by atoms with Crippen molar-refractivity contribution in [1.82, 2.24) is 4.90 Å². The van der Waals surface area contributed by atoms with E-state index in [1.54, 1.807) is 43.3 Å². The Bertz CT molecular complexity index is 938. The second-order valence-electron chi connectivity index (χ2n) is 6.30. The van der Waals surface area contributed by atoms with Crippen LogP contribution in [0, 0.1) is 0 Å². The summed E-state index contributed by atoms with van der Waals surface area (Å²) in [4.78, 5) is 24.7. The Morgan fingerprint density at radius 1 is 1.14 bits per heavy atom. The summed E-state index contributed by atoms with van der Waals surface area (Å²) in [5, 5.41) is 0. The molecule has 0 aliphatic rings. The maximum absolute atomic E-state index is 12.3. The van der Waals surface area contributed by atoms with Crippen molar-refractivity contribution >= 4 is 22.0 Å². The van der Waals surface area contributed by atoms with E-state index in [-0.39, 0.29) is 28.7 Å². The number of methoxy groups -OCH3 is 1. The van der Waals surface area contributed by atoms with Crippen LogP contribution in [0.25, 0.3) is 0 Å². The van der Waals surface area contributed by atoms with Crippen molar-refractivity contribution < 1.29 is 27.5 Å². The summed E-state index contributed by atoms with van der Waals surface area (Å²) in [5.74, 6) is 0.0564. The molecule has 0 unspecified atom stereocenters. The molecule has 0 spiro atoms. The van der Waals surface area contributed by atoms with Crippen LogP contribution in [-0.2, 0) is 21.2 Å². The zero-order valence-electron chi connectivity index (χ0n) is 16.0. The molecule has 2 aromatic rings. The number of amides is 1. The summed E-state index contributed by atoms with van der Waals surface area (Å²) in [6, 6.07) is 11.1. The highest BCUT2D eigenvalue weighted by molar-refractivity contribution is 7.90. The number of sulfone groups is 1. The molecule has 8 heteroatoms. The molecule has 0 aromatic heterocycles. The monoisotopic (exact) mass is 405 g/mol. The minimum absolute atomic E-state index is 0.0383. The van der Waals surface area contributed by atoms with Crippen LogP contribution in [0.4, 0.5) is 0 Å². The fourth-order valence-corrected chi connectivity index (χ4v) is 3.30. The molecule has 0 N–H and O–H groups in total. The molecular formula is C20H23NO6S. The molecule has 0 saturated carbocycles. The number of ether oxygens (including phenoxy) is 2. The van der Waals surface area contributed by atoms with Gasteiger partial charge in [-0.05, 0) is 35.9 Å². The Hall–Kier alpha value is -2.71. The van der Waals surface area contributed by atoms with E-state index in [4.69, 9.17) is 9.47 Å². The van der Waals surface area contributed by atoms with Gasteiger partial charge in [0.25, 0.3) is 5.91 Å². The van der Waals surface area contributed by atoms with E-state index >= 15 is 0 Å². The fourth-order valence-electron chi connectivity index (χ4n) is 2.46. The lowest BCUT2D eigenvalue weighted by atomic mass is 10.1. The van der Waals surface area contributed by atoms with Crippen molar-refractivity contribution in [2.24, 2.45) is 0 Å². The van der Waals surface area contributed by atoms with Crippen LogP contribution in [-0.4, -0.2) is 59.1 Å². The van der Waals surface area contributed by atoms with E-state index in [2.05, 4.69) is 0 Å². The Labute approximate surface area is 164 Å². The van der Waals surface area contributed by atoms with Gasteiger partial charge in [0, 0.05) is 38.1 Å². The van der Waals surface area contributed by atoms with Gasteiger partial charge in [0.15, 0.2) is 9.84 Å². The predicted octanol–water partition coefficient (Wildman–Crippen LogP) is 2.20. The SMILES string of the molecule is COCCN(C)C(=O)c1ccc(COc2ccc(C=O)cc2S(C)(=O)=O)cc1. The molecule has 0 aliphatic heterocycles. The molecule has 0 aliphatic carbocycles. The van der Waals surface area contributed by atoms with Crippen molar-refractivity contribution in [1.29, 1.82) is 0 Å². The molecule has 0 heterocycles. The Morgan fingerprint density at radius 2 is 1.82 bits per heavy atom. The van der Waals surface area contributed by atoms with Crippen LogP contribution in [0.1, 0.15) is 26.3 Å². The highest BCUT2D eigenvalue weighted by atomic mass is 32.2. The van der Waals surface area contributed by atoms with Crippen molar-refractivity contribution in [2.75, 3.05) is 33.6 Å². The second kappa shape index (κ2) is 9.48. The van der Waals surface area contributed by atoms with Gasteiger partial charge in [-0.2, -0.15) is 0 Å². The number of likely N-dealkylation sites (N-methyl/N-ethyl adjacent to an activating group) is 1. The lowest BCUT2D eigenvalue weighted by Gasteiger charge is -2.17. The molecule has 1 amide bonds. The van der Waals surface area contributed by atoms with Crippen LogP contribution in [0.3, 0.4) is 0 Å². The number of hydrogen-bond donors (Lipinski definition) is 0. The first-order valence-electron chi connectivity index (χ1n) is 8.51. The Morgan fingerprint density at radius 3 is 2.39 bits per heavy atom. The molecular weight excluding hydrogens is 382 g/mol. The fraction of sp³-hybridized carbons (Fsp3) is 0.300. The van der Waals surface area contributed by atoms with E-state index in [1.807, 2.05) is 0 Å². The summed E-state index contributed by atoms with van der Waals surface area (Å²) in [6.45, 7) is 1.07. The molecule has 28 heavy (non-hydrogen) atoms. The number of rotatable bonds is 9. The summed E-state index contributed by atoms with van der Waals surface area (Å²) >= 11 is 0. The van der Waals surface area contributed by atoms with E-state index in [0.29, 0.717) is 25.0 Å². The Kier molecular flexibility index (Phi) is 7.31. The maximum atomic E-state index is 12.3. The summed E-state index contributed by atoms with van der Waals surface area (Å²) < 4.78 is 34.5. The highest BCUT2D eigenvalue weighted by Gasteiger charge is 2.16. The van der Waals surface area contributed by atoms with Gasteiger partial charge >= 0.3 is 0 Å². The summed E-state index contributed by atoms with van der Waals surface area (Å²) in [5.41, 5.74) is 1.57. The first-order chi connectivity index (χ1) is 13.3. The summed E-state index contributed by atoms with van der Waals surface area (Å²) in [7, 11) is -0.269. The number of carbonyl (C=O) groups is 2. The molecule has 0 fully saturated rings. The topological polar surface area (TPSA) is 90.0 Å². The van der Waals surface area contributed by atoms with Crippen LogP contribution < -0.4 is 4.74 Å². The zero-order valence-corrected chi connectivity index (χ0v) is 16.9. The number of benzene rings is 2. The van der Waals surface area contributed by atoms with Gasteiger partial charge in [0.05, 0.1) is 6.61 Å². The molecule has 2 aromatic carbocycles. The van der Waals surface area contributed by atoms with Crippen LogP contribution in [0.2, 0.25) is 0 Å². The van der Waals surface area contributed by atoms with E-state index in [9.17, 15) is 18.0 Å². The highest BCUT2D eigenvalue weighted by Crippen LogP contribution is 2.25. The van der Waals surface area contributed by atoms with Crippen LogP contribution >= 0.6 is 0 Å². The van der Waals surface area contributed by atoms with Gasteiger partial charge in [0.1, 0.15) is 23.5 Å². The number of aldehydes is 1. The van der Waals surface area contributed by atoms with Gasteiger partial charge in [-0.25, -0.2) is 8.42 Å².